The van der Waals surface area contributed by atoms with Crippen molar-refractivity contribution in [3.05, 3.63) is 0 Å². The van der Waals surface area contributed by atoms with Crippen molar-refractivity contribution in [1.82, 2.24) is 10.2 Å². The Kier molecular flexibility index (Phi) is 2.52. The summed E-state index contributed by atoms with van der Waals surface area (Å²) in [5.41, 5.74) is 4.92. The van der Waals surface area contributed by atoms with Gasteiger partial charge in [0.05, 0.1) is 0 Å². The maximum atomic E-state index is 11.1. The van der Waals surface area contributed by atoms with Gasteiger partial charge in [0, 0.05) is 13.1 Å². The molecule has 12 heavy (non-hydrogen) atoms. The SMILES string of the molecule is CN(CC(N)=O)C(=O)NC1CC1. The predicted molar refractivity (Wildman–Crippen MR) is 43.4 cm³/mol. The van der Waals surface area contributed by atoms with Crippen LogP contribution in [0.3, 0.4) is 0 Å². The number of nitrogens with zero attached hydrogens (tertiary/aromatic N) is 1. The summed E-state index contributed by atoms with van der Waals surface area (Å²) < 4.78 is 0. The molecule has 1 rings (SSSR count). The van der Waals surface area contributed by atoms with Crippen LogP contribution in [0.15, 0.2) is 0 Å². The summed E-state index contributed by atoms with van der Waals surface area (Å²) in [6.45, 7) is -0.0292. The lowest BCUT2D eigenvalue weighted by Crippen LogP contribution is -2.42. The van der Waals surface area contributed by atoms with E-state index in [0.29, 0.717) is 6.04 Å². The third-order valence-corrected chi connectivity index (χ3v) is 1.64. The van der Waals surface area contributed by atoms with E-state index in [4.69, 9.17) is 5.73 Å². The molecular weight excluding hydrogens is 158 g/mol. The van der Waals surface area contributed by atoms with Gasteiger partial charge in [0.2, 0.25) is 5.91 Å². The van der Waals surface area contributed by atoms with Gasteiger partial charge in [0.1, 0.15) is 6.54 Å². The molecule has 0 unspecified atom stereocenters. The molecule has 0 spiro atoms. The van der Waals surface area contributed by atoms with Gasteiger partial charge in [-0.2, -0.15) is 0 Å². The topological polar surface area (TPSA) is 75.4 Å². The molecule has 0 aromatic rings. The molecule has 1 aliphatic carbocycles. The van der Waals surface area contributed by atoms with E-state index in [1.165, 1.54) is 4.90 Å². The first-order valence-electron chi connectivity index (χ1n) is 3.89. The molecule has 0 aromatic heterocycles. The van der Waals surface area contributed by atoms with Crippen LogP contribution in [0.1, 0.15) is 12.8 Å². The highest BCUT2D eigenvalue weighted by Crippen LogP contribution is 2.18. The summed E-state index contributed by atoms with van der Waals surface area (Å²) in [5, 5.41) is 2.74. The molecule has 0 radical (unpaired) electrons. The fourth-order valence-corrected chi connectivity index (χ4v) is 0.818. The summed E-state index contributed by atoms with van der Waals surface area (Å²) in [4.78, 5) is 22.8. The second-order valence-electron chi connectivity index (χ2n) is 3.05. The molecule has 3 N–H and O–H groups in total. The molecule has 0 heterocycles. The minimum Gasteiger partial charge on any atom is -0.368 e. The number of hydrogen-bond acceptors (Lipinski definition) is 2. The summed E-state index contributed by atoms with van der Waals surface area (Å²) in [6.07, 6.45) is 2.08. The monoisotopic (exact) mass is 171 g/mol. The van der Waals surface area contributed by atoms with Gasteiger partial charge in [-0.3, -0.25) is 4.79 Å². The molecule has 68 valence electrons. The van der Waals surface area contributed by atoms with E-state index in [2.05, 4.69) is 5.32 Å². The maximum absolute atomic E-state index is 11.1. The molecule has 3 amide bonds. The van der Waals surface area contributed by atoms with Crippen LogP contribution >= 0.6 is 0 Å². The Morgan fingerprint density at radius 1 is 1.58 bits per heavy atom. The minimum atomic E-state index is -0.497. The van der Waals surface area contributed by atoms with Gasteiger partial charge in [0.15, 0.2) is 0 Å². The molecule has 1 aliphatic rings. The van der Waals surface area contributed by atoms with Crippen molar-refractivity contribution < 1.29 is 9.59 Å². The molecular formula is C7H13N3O2. The lowest BCUT2D eigenvalue weighted by atomic mass is 10.5. The fraction of sp³-hybridized carbons (Fsp3) is 0.714. The van der Waals surface area contributed by atoms with E-state index >= 15 is 0 Å². The highest BCUT2D eigenvalue weighted by molar-refractivity contribution is 5.82. The Bertz CT molecular complexity index is 201. The third-order valence-electron chi connectivity index (χ3n) is 1.64. The average Bonchev–Trinajstić information content (AvgIpc) is 2.70. The minimum absolute atomic E-state index is 0.0292. The van der Waals surface area contributed by atoms with Crippen molar-refractivity contribution in [2.24, 2.45) is 5.73 Å². The van der Waals surface area contributed by atoms with Crippen LogP contribution in [0.25, 0.3) is 0 Å². The Morgan fingerprint density at radius 3 is 2.58 bits per heavy atom. The van der Waals surface area contributed by atoms with E-state index in [0.717, 1.165) is 12.8 Å². The number of likely N-dealkylation sites (N-methyl/N-ethyl adjacent to an activating group) is 1. The molecule has 0 aromatic carbocycles. The standard InChI is InChI=1S/C7H13N3O2/c1-10(4-6(8)11)7(12)9-5-2-3-5/h5H,2-4H2,1H3,(H2,8,11)(H,9,12). The molecule has 0 atom stereocenters. The fourth-order valence-electron chi connectivity index (χ4n) is 0.818. The second kappa shape index (κ2) is 3.42. The van der Waals surface area contributed by atoms with E-state index in [1.807, 2.05) is 0 Å². The Balaban J connectivity index is 2.24. The smallest absolute Gasteiger partial charge is 0.317 e. The largest absolute Gasteiger partial charge is 0.368 e. The zero-order valence-electron chi connectivity index (χ0n) is 7.04. The third kappa shape index (κ3) is 2.77. The van der Waals surface area contributed by atoms with Gasteiger partial charge < -0.3 is 16.0 Å². The van der Waals surface area contributed by atoms with Crippen LogP contribution in [0, 0.1) is 0 Å². The van der Waals surface area contributed by atoms with Gasteiger partial charge in [-0.1, -0.05) is 0 Å². The molecule has 5 heteroatoms. The molecule has 0 saturated heterocycles. The van der Waals surface area contributed by atoms with Crippen LogP contribution in [0.4, 0.5) is 4.79 Å². The van der Waals surface area contributed by atoms with Crippen LogP contribution in [-0.2, 0) is 4.79 Å². The first-order chi connectivity index (χ1) is 5.59. The summed E-state index contributed by atoms with van der Waals surface area (Å²) >= 11 is 0. The maximum Gasteiger partial charge on any atom is 0.317 e. The first kappa shape index (κ1) is 8.83. The van der Waals surface area contributed by atoms with E-state index in [-0.39, 0.29) is 12.6 Å². The van der Waals surface area contributed by atoms with Gasteiger partial charge in [0.25, 0.3) is 0 Å². The highest BCUT2D eigenvalue weighted by atomic mass is 16.2. The predicted octanol–water partition coefficient (Wildman–Crippen LogP) is -0.724. The van der Waals surface area contributed by atoms with Crippen LogP contribution in [-0.4, -0.2) is 36.5 Å². The van der Waals surface area contributed by atoms with E-state index < -0.39 is 5.91 Å². The molecule has 0 bridgehead atoms. The summed E-state index contributed by atoms with van der Waals surface area (Å²) in [7, 11) is 1.54. The van der Waals surface area contributed by atoms with Crippen molar-refractivity contribution in [3.63, 3.8) is 0 Å². The van der Waals surface area contributed by atoms with Crippen molar-refractivity contribution in [1.29, 1.82) is 0 Å². The number of carbonyl (C=O) groups excluding carboxylic acids is 2. The van der Waals surface area contributed by atoms with Gasteiger partial charge in [-0.15, -0.1) is 0 Å². The number of amides is 3. The van der Waals surface area contributed by atoms with Crippen molar-refractivity contribution in [3.8, 4) is 0 Å². The molecule has 0 aliphatic heterocycles. The van der Waals surface area contributed by atoms with Crippen molar-refractivity contribution in [2.75, 3.05) is 13.6 Å². The second-order valence-corrected chi connectivity index (χ2v) is 3.05. The molecule has 5 nitrogen and oxygen atoms in total. The number of nitrogens with one attached hydrogen (secondary N) is 1. The number of nitrogens with two attached hydrogens (primary N) is 1. The van der Waals surface area contributed by atoms with Gasteiger partial charge >= 0.3 is 6.03 Å². The summed E-state index contributed by atoms with van der Waals surface area (Å²) in [6, 6.07) is 0.0872. The number of primary amides is 1. The Hall–Kier alpha value is -1.26. The van der Waals surface area contributed by atoms with Crippen molar-refractivity contribution >= 4 is 11.9 Å². The van der Waals surface area contributed by atoms with E-state index in [1.54, 1.807) is 7.05 Å². The van der Waals surface area contributed by atoms with Crippen molar-refractivity contribution in [2.45, 2.75) is 18.9 Å². The van der Waals surface area contributed by atoms with Crippen LogP contribution in [0.2, 0.25) is 0 Å². The quantitative estimate of drug-likeness (QED) is 0.587. The number of rotatable bonds is 3. The Labute approximate surface area is 70.9 Å². The molecule has 1 fully saturated rings. The normalized spacial score (nSPS) is 15.4. The van der Waals surface area contributed by atoms with Crippen LogP contribution in [0.5, 0.6) is 0 Å². The van der Waals surface area contributed by atoms with Crippen LogP contribution < -0.4 is 11.1 Å². The number of hydrogen-bond donors (Lipinski definition) is 2. The number of carbonyl (C=O) groups is 2. The summed E-state index contributed by atoms with van der Waals surface area (Å²) in [5.74, 6) is -0.497. The average molecular weight is 171 g/mol. The zero-order valence-corrected chi connectivity index (χ0v) is 7.04. The Morgan fingerprint density at radius 2 is 2.17 bits per heavy atom. The van der Waals surface area contributed by atoms with E-state index in [9.17, 15) is 9.59 Å². The lowest BCUT2D eigenvalue weighted by molar-refractivity contribution is -0.118. The first-order valence-corrected chi connectivity index (χ1v) is 3.89. The lowest BCUT2D eigenvalue weighted by Gasteiger charge is -2.15. The molecule has 1 saturated carbocycles. The van der Waals surface area contributed by atoms with Gasteiger partial charge in [-0.25, -0.2) is 4.79 Å². The zero-order chi connectivity index (χ0) is 9.14. The van der Waals surface area contributed by atoms with Gasteiger partial charge in [-0.05, 0) is 12.8 Å². The number of urea groups is 1. The highest BCUT2D eigenvalue weighted by Gasteiger charge is 2.24.